The summed E-state index contributed by atoms with van der Waals surface area (Å²) in [5.74, 6) is 0. The maximum Gasteiger partial charge on any atom is 0.236 e. The van der Waals surface area contributed by atoms with Crippen molar-refractivity contribution in [2.24, 2.45) is 5.73 Å². The largest absolute Gasteiger partial charge is 0.329 e. The van der Waals surface area contributed by atoms with Gasteiger partial charge in [-0.1, -0.05) is 11.6 Å². The third kappa shape index (κ3) is 3.35. The fourth-order valence-electron chi connectivity index (χ4n) is 0.953. The molecule has 1 aromatic carbocycles. The molecule has 0 aromatic heterocycles. The van der Waals surface area contributed by atoms with Crippen molar-refractivity contribution in [2.45, 2.75) is 12.2 Å². The molecule has 90 valence electrons. The zero-order valence-electron chi connectivity index (χ0n) is 8.57. The lowest BCUT2D eigenvalue weighted by molar-refractivity contribution is 0.589. The van der Waals surface area contributed by atoms with E-state index >= 15 is 0 Å². The third-order valence-electron chi connectivity index (χ3n) is 2.04. The Bertz CT molecular complexity index is 478. The number of hydrogen-bond acceptors (Lipinski definition) is 3. The molecule has 16 heavy (non-hydrogen) atoms. The third-order valence-corrected chi connectivity index (χ3v) is 4.69. The van der Waals surface area contributed by atoms with Crippen LogP contribution in [0.25, 0.3) is 0 Å². The Morgan fingerprint density at radius 3 is 2.69 bits per heavy atom. The molecule has 0 radical (unpaired) electrons. The molecule has 7 heteroatoms. The van der Waals surface area contributed by atoms with Crippen molar-refractivity contribution in [3.8, 4) is 0 Å². The van der Waals surface area contributed by atoms with Gasteiger partial charge in [0.15, 0.2) is 0 Å². The molecule has 1 atom stereocenters. The van der Waals surface area contributed by atoms with E-state index in [9.17, 15) is 8.42 Å². The average Bonchev–Trinajstić information content (AvgIpc) is 2.21. The summed E-state index contributed by atoms with van der Waals surface area (Å²) in [6, 6.07) is 4.82. The van der Waals surface area contributed by atoms with E-state index in [0.29, 0.717) is 15.2 Å². The molecule has 1 unspecified atom stereocenters. The predicted octanol–water partition coefficient (Wildman–Crippen LogP) is 2.19. The number of nitrogens with two attached hydrogens (primary N) is 1. The van der Waals surface area contributed by atoms with Gasteiger partial charge in [0.2, 0.25) is 10.0 Å². The minimum atomic E-state index is -3.45. The highest BCUT2D eigenvalue weighted by molar-refractivity contribution is 9.10. The number of nitrogens with one attached hydrogen (secondary N) is 1. The van der Waals surface area contributed by atoms with E-state index in [1.807, 2.05) is 0 Å². The Labute approximate surface area is 108 Å². The van der Waals surface area contributed by atoms with Crippen molar-refractivity contribution in [3.05, 3.63) is 27.7 Å². The summed E-state index contributed by atoms with van der Waals surface area (Å²) in [6.45, 7) is 1.62. The highest BCUT2D eigenvalue weighted by atomic mass is 79.9. The number of benzene rings is 1. The van der Waals surface area contributed by atoms with Gasteiger partial charge in [-0.25, -0.2) is 8.42 Å². The van der Waals surface area contributed by atoms with Crippen LogP contribution in [0.3, 0.4) is 0 Å². The maximum absolute atomic E-state index is 11.7. The second kappa shape index (κ2) is 5.35. The molecule has 0 amide bonds. The smallest absolute Gasteiger partial charge is 0.236 e. The molecule has 4 nitrogen and oxygen atoms in total. The van der Waals surface area contributed by atoms with Crippen molar-refractivity contribution in [1.82, 2.24) is 0 Å². The molecule has 0 aliphatic heterocycles. The van der Waals surface area contributed by atoms with Gasteiger partial charge in [-0.15, -0.1) is 0 Å². The van der Waals surface area contributed by atoms with Gasteiger partial charge < -0.3 is 5.73 Å². The maximum atomic E-state index is 11.7. The Kier molecular flexibility index (Phi) is 4.61. The Morgan fingerprint density at radius 2 is 2.19 bits per heavy atom. The molecular weight excluding hydrogens is 316 g/mol. The average molecular weight is 328 g/mol. The molecule has 0 bridgehead atoms. The number of anilines is 1. The van der Waals surface area contributed by atoms with Crippen LogP contribution in [-0.2, 0) is 10.0 Å². The number of rotatable bonds is 4. The fraction of sp³-hybridized carbons (Fsp3) is 0.333. The standard InChI is InChI=1S/C9H12BrClN2O2S/c1-6(5-12)16(14,15)13-9-3-2-7(11)4-8(9)10/h2-4,6,13H,5,12H2,1H3. The molecule has 3 N–H and O–H groups in total. The quantitative estimate of drug-likeness (QED) is 0.890. The second-order valence-electron chi connectivity index (χ2n) is 3.32. The molecule has 0 aliphatic rings. The van der Waals surface area contributed by atoms with Gasteiger partial charge in [0.25, 0.3) is 0 Å². The van der Waals surface area contributed by atoms with Crippen molar-refractivity contribution in [2.75, 3.05) is 11.3 Å². The van der Waals surface area contributed by atoms with Crippen LogP contribution in [0, 0.1) is 0 Å². The van der Waals surface area contributed by atoms with Gasteiger partial charge in [-0.2, -0.15) is 0 Å². The van der Waals surface area contributed by atoms with Gasteiger partial charge in [0.1, 0.15) is 0 Å². The normalized spacial score (nSPS) is 13.5. The van der Waals surface area contributed by atoms with Gasteiger partial charge in [-0.05, 0) is 41.1 Å². The Morgan fingerprint density at radius 1 is 1.56 bits per heavy atom. The van der Waals surface area contributed by atoms with Crippen LogP contribution in [0.2, 0.25) is 5.02 Å². The van der Waals surface area contributed by atoms with E-state index in [0.717, 1.165) is 0 Å². The summed E-state index contributed by atoms with van der Waals surface area (Å²) in [5.41, 5.74) is 5.77. The minimum Gasteiger partial charge on any atom is -0.329 e. The SMILES string of the molecule is CC(CN)S(=O)(=O)Nc1ccc(Cl)cc1Br. The predicted molar refractivity (Wildman–Crippen MR) is 70.2 cm³/mol. The van der Waals surface area contributed by atoms with E-state index in [-0.39, 0.29) is 6.54 Å². The lowest BCUT2D eigenvalue weighted by Crippen LogP contribution is -2.31. The highest BCUT2D eigenvalue weighted by Gasteiger charge is 2.19. The molecule has 1 rings (SSSR count). The van der Waals surface area contributed by atoms with Gasteiger partial charge >= 0.3 is 0 Å². The van der Waals surface area contributed by atoms with Gasteiger partial charge in [0, 0.05) is 16.0 Å². The Balaban J connectivity index is 2.97. The summed E-state index contributed by atoms with van der Waals surface area (Å²) >= 11 is 8.98. The summed E-state index contributed by atoms with van der Waals surface area (Å²) < 4.78 is 26.5. The molecule has 0 heterocycles. The molecule has 0 fully saturated rings. The lowest BCUT2D eigenvalue weighted by atomic mass is 10.3. The van der Waals surface area contributed by atoms with Crippen LogP contribution in [0.15, 0.2) is 22.7 Å². The van der Waals surface area contributed by atoms with Crippen LogP contribution in [0.5, 0.6) is 0 Å². The number of hydrogen-bond donors (Lipinski definition) is 2. The van der Waals surface area contributed by atoms with Crippen molar-refractivity contribution in [3.63, 3.8) is 0 Å². The zero-order valence-corrected chi connectivity index (χ0v) is 11.7. The lowest BCUT2D eigenvalue weighted by Gasteiger charge is -2.14. The first-order valence-corrected chi connectivity index (χ1v) is 7.25. The van der Waals surface area contributed by atoms with Gasteiger partial charge in [0.05, 0.1) is 10.9 Å². The van der Waals surface area contributed by atoms with E-state index < -0.39 is 15.3 Å². The second-order valence-corrected chi connectivity index (χ2v) is 6.71. The van der Waals surface area contributed by atoms with Crippen molar-refractivity contribution < 1.29 is 8.42 Å². The van der Waals surface area contributed by atoms with Crippen molar-refractivity contribution in [1.29, 1.82) is 0 Å². The number of halogens is 2. The summed E-state index contributed by atoms with van der Waals surface area (Å²) in [6.07, 6.45) is 0. The molecule has 0 spiro atoms. The first kappa shape index (κ1) is 13.8. The van der Waals surface area contributed by atoms with Gasteiger partial charge in [-0.3, -0.25) is 4.72 Å². The summed E-state index contributed by atoms with van der Waals surface area (Å²) in [5, 5.41) is -0.114. The first-order valence-electron chi connectivity index (χ1n) is 4.53. The van der Waals surface area contributed by atoms with Crippen LogP contribution >= 0.6 is 27.5 Å². The van der Waals surface area contributed by atoms with Crippen LogP contribution in [-0.4, -0.2) is 20.2 Å². The van der Waals surface area contributed by atoms with E-state index in [2.05, 4.69) is 20.7 Å². The van der Waals surface area contributed by atoms with Crippen molar-refractivity contribution >= 4 is 43.2 Å². The topological polar surface area (TPSA) is 72.2 Å². The monoisotopic (exact) mass is 326 g/mol. The van der Waals surface area contributed by atoms with E-state index in [1.54, 1.807) is 25.1 Å². The molecule has 0 aliphatic carbocycles. The van der Waals surface area contributed by atoms with Crippen LogP contribution < -0.4 is 10.5 Å². The summed E-state index contributed by atoms with van der Waals surface area (Å²) in [4.78, 5) is 0. The zero-order chi connectivity index (χ0) is 12.3. The summed E-state index contributed by atoms with van der Waals surface area (Å²) in [7, 11) is -3.45. The van der Waals surface area contributed by atoms with E-state index in [4.69, 9.17) is 17.3 Å². The number of sulfonamides is 1. The van der Waals surface area contributed by atoms with Crippen LogP contribution in [0.1, 0.15) is 6.92 Å². The first-order chi connectivity index (χ1) is 7.36. The minimum absolute atomic E-state index is 0.0700. The van der Waals surface area contributed by atoms with Crippen LogP contribution in [0.4, 0.5) is 5.69 Å². The molecule has 1 aromatic rings. The fourth-order valence-corrected chi connectivity index (χ4v) is 2.80. The Hall–Kier alpha value is -0.300. The molecule has 0 saturated heterocycles. The molecule has 0 saturated carbocycles. The van der Waals surface area contributed by atoms with E-state index in [1.165, 1.54) is 0 Å². The molecular formula is C9H12BrClN2O2S. The highest BCUT2D eigenvalue weighted by Crippen LogP contribution is 2.27.